The first-order chi connectivity index (χ1) is 13.6. The molecule has 0 spiro atoms. The number of aromatic nitrogens is 4. The fourth-order valence-electron chi connectivity index (χ4n) is 3.63. The highest BCUT2D eigenvalue weighted by Crippen LogP contribution is 2.40. The zero-order valence-corrected chi connectivity index (χ0v) is 15.8. The molecule has 1 N–H and O–H groups in total. The van der Waals surface area contributed by atoms with E-state index in [1.54, 1.807) is 36.5 Å². The summed E-state index contributed by atoms with van der Waals surface area (Å²) in [6.45, 7) is 0.434. The van der Waals surface area contributed by atoms with E-state index in [4.69, 9.17) is 9.40 Å². The third-order valence-electron chi connectivity index (χ3n) is 5.24. The van der Waals surface area contributed by atoms with Crippen LogP contribution in [0.4, 0.5) is 0 Å². The summed E-state index contributed by atoms with van der Waals surface area (Å²) >= 11 is 0. The van der Waals surface area contributed by atoms with E-state index in [0.717, 1.165) is 28.0 Å². The minimum atomic E-state index is -0.163. The van der Waals surface area contributed by atoms with Gasteiger partial charge in [0.15, 0.2) is 0 Å². The van der Waals surface area contributed by atoms with Gasteiger partial charge in [0.25, 0.3) is 5.91 Å². The van der Waals surface area contributed by atoms with Crippen LogP contribution in [0.15, 0.2) is 47.4 Å². The van der Waals surface area contributed by atoms with E-state index in [2.05, 4.69) is 34.2 Å². The Hall–Kier alpha value is -3.35. The normalized spacial score (nSPS) is 13.9. The number of rotatable bonds is 5. The number of nitrogens with zero attached hydrogens (tertiary/aromatic N) is 4. The summed E-state index contributed by atoms with van der Waals surface area (Å²) in [6, 6.07) is 7.98. The number of carbonyl (C=O) groups excluding carboxylic acids is 1. The number of amides is 1. The van der Waals surface area contributed by atoms with Crippen LogP contribution in [0, 0.1) is 0 Å². The van der Waals surface area contributed by atoms with Crippen LogP contribution in [0.5, 0.6) is 0 Å². The second-order valence-corrected chi connectivity index (χ2v) is 7.39. The fraction of sp³-hybridized carbons (Fsp3) is 0.286. The van der Waals surface area contributed by atoms with Crippen molar-refractivity contribution >= 4 is 16.9 Å². The summed E-state index contributed by atoms with van der Waals surface area (Å²) in [7, 11) is 3.87. The molecule has 1 aliphatic rings. The van der Waals surface area contributed by atoms with Gasteiger partial charge in [0.05, 0.1) is 29.1 Å². The van der Waals surface area contributed by atoms with Gasteiger partial charge in [0, 0.05) is 38.3 Å². The lowest BCUT2D eigenvalue weighted by Gasteiger charge is -2.05. The topological polar surface area (TPSA) is 77.9 Å². The Morgan fingerprint density at radius 3 is 2.89 bits per heavy atom. The number of fused-ring (bicyclic) bond motifs is 1. The minimum absolute atomic E-state index is 0.163. The summed E-state index contributed by atoms with van der Waals surface area (Å²) in [5.41, 5.74) is 5.06. The predicted octanol–water partition coefficient (Wildman–Crippen LogP) is 3.37. The number of nitrogens with one attached hydrogen (secondary N) is 1. The van der Waals surface area contributed by atoms with E-state index < -0.39 is 0 Å². The highest BCUT2D eigenvalue weighted by Gasteiger charge is 2.28. The van der Waals surface area contributed by atoms with Crippen molar-refractivity contribution in [3.05, 3.63) is 59.9 Å². The first kappa shape index (κ1) is 16.8. The van der Waals surface area contributed by atoms with Crippen molar-refractivity contribution < 1.29 is 9.21 Å². The van der Waals surface area contributed by atoms with Crippen LogP contribution in [0.3, 0.4) is 0 Å². The molecule has 1 aromatic carbocycles. The smallest absolute Gasteiger partial charge is 0.255 e. The third kappa shape index (κ3) is 2.89. The number of imidazole rings is 1. The highest BCUT2D eigenvalue weighted by atomic mass is 16.3. The van der Waals surface area contributed by atoms with Crippen molar-refractivity contribution in [2.24, 2.45) is 14.1 Å². The Labute approximate surface area is 162 Å². The second kappa shape index (κ2) is 6.37. The van der Waals surface area contributed by atoms with E-state index in [9.17, 15) is 4.79 Å². The van der Waals surface area contributed by atoms with Crippen molar-refractivity contribution in [2.75, 3.05) is 0 Å². The number of hydrogen-bond donors (Lipinski definition) is 1. The molecular formula is C21H21N5O2. The van der Waals surface area contributed by atoms with Crippen molar-refractivity contribution in [1.29, 1.82) is 0 Å². The standard InChI is InChI=1S/C21H21N5O2/c1-25-11-16(19(24-25)15-7-8-28-12-15)21(27)22-10-13-3-6-18-17(9-13)23-20(26(18)2)14-4-5-14/h3,6-9,11-12,14H,4-5,10H2,1-2H3,(H,22,27). The molecule has 4 aromatic rings. The maximum Gasteiger partial charge on any atom is 0.255 e. The van der Waals surface area contributed by atoms with E-state index >= 15 is 0 Å². The predicted molar refractivity (Wildman–Crippen MR) is 105 cm³/mol. The molecule has 1 amide bonds. The maximum absolute atomic E-state index is 12.8. The minimum Gasteiger partial charge on any atom is -0.472 e. The Morgan fingerprint density at radius 2 is 2.14 bits per heavy atom. The number of hydrogen-bond acceptors (Lipinski definition) is 4. The Kier molecular flexibility index (Phi) is 3.82. The molecule has 0 saturated heterocycles. The SMILES string of the molecule is Cn1cc(C(=O)NCc2ccc3c(c2)nc(C2CC2)n3C)c(-c2ccoc2)n1. The fourth-order valence-corrected chi connectivity index (χ4v) is 3.63. The quantitative estimate of drug-likeness (QED) is 0.580. The highest BCUT2D eigenvalue weighted by molar-refractivity contribution is 5.99. The van der Waals surface area contributed by atoms with Crippen molar-refractivity contribution in [3.8, 4) is 11.3 Å². The van der Waals surface area contributed by atoms with E-state index in [1.165, 1.54) is 12.8 Å². The van der Waals surface area contributed by atoms with Gasteiger partial charge in [-0.15, -0.1) is 0 Å². The van der Waals surface area contributed by atoms with Crippen LogP contribution in [0.25, 0.3) is 22.3 Å². The average molecular weight is 375 g/mol. The molecule has 3 aromatic heterocycles. The summed E-state index contributed by atoms with van der Waals surface area (Å²) in [4.78, 5) is 17.5. The summed E-state index contributed by atoms with van der Waals surface area (Å²) < 4.78 is 8.94. The van der Waals surface area contributed by atoms with Crippen LogP contribution in [0.1, 0.15) is 40.5 Å². The first-order valence-corrected chi connectivity index (χ1v) is 9.40. The molecule has 0 bridgehead atoms. The molecule has 7 nitrogen and oxygen atoms in total. The molecular weight excluding hydrogens is 354 g/mol. The molecule has 1 fully saturated rings. The average Bonchev–Trinajstić information content (AvgIpc) is 3.10. The van der Waals surface area contributed by atoms with E-state index in [-0.39, 0.29) is 5.91 Å². The molecule has 142 valence electrons. The summed E-state index contributed by atoms with van der Waals surface area (Å²) in [5, 5.41) is 7.38. The van der Waals surface area contributed by atoms with Gasteiger partial charge in [-0.1, -0.05) is 6.07 Å². The second-order valence-electron chi connectivity index (χ2n) is 7.39. The third-order valence-corrected chi connectivity index (χ3v) is 5.24. The van der Waals surface area contributed by atoms with Crippen LogP contribution in [-0.2, 0) is 20.6 Å². The zero-order valence-electron chi connectivity index (χ0n) is 15.8. The lowest BCUT2D eigenvalue weighted by atomic mass is 10.1. The van der Waals surface area contributed by atoms with Gasteiger partial charge in [-0.05, 0) is 36.6 Å². The monoisotopic (exact) mass is 375 g/mol. The van der Waals surface area contributed by atoms with E-state index in [1.807, 2.05) is 6.07 Å². The van der Waals surface area contributed by atoms with Gasteiger partial charge in [-0.25, -0.2) is 4.98 Å². The van der Waals surface area contributed by atoms with Crippen LogP contribution in [0.2, 0.25) is 0 Å². The van der Waals surface area contributed by atoms with Crippen molar-refractivity contribution in [3.63, 3.8) is 0 Å². The number of carbonyl (C=O) groups is 1. The van der Waals surface area contributed by atoms with Gasteiger partial charge < -0.3 is 14.3 Å². The van der Waals surface area contributed by atoms with Crippen LogP contribution in [-0.4, -0.2) is 25.2 Å². The largest absolute Gasteiger partial charge is 0.472 e. The maximum atomic E-state index is 12.8. The Morgan fingerprint density at radius 1 is 1.29 bits per heavy atom. The number of aryl methyl sites for hydroxylation is 2. The molecule has 3 heterocycles. The van der Waals surface area contributed by atoms with Gasteiger partial charge in [0.1, 0.15) is 11.5 Å². The molecule has 0 radical (unpaired) electrons. The zero-order chi connectivity index (χ0) is 19.3. The number of furan rings is 1. The molecule has 1 aliphatic carbocycles. The molecule has 0 unspecified atom stereocenters. The van der Waals surface area contributed by atoms with Gasteiger partial charge >= 0.3 is 0 Å². The summed E-state index contributed by atoms with van der Waals surface area (Å²) in [6.07, 6.45) is 7.34. The van der Waals surface area contributed by atoms with Gasteiger partial charge in [-0.2, -0.15) is 5.10 Å². The molecule has 5 rings (SSSR count). The van der Waals surface area contributed by atoms with Crippen LogP contribution >= 0.6 is 0 Å². The Balaban J connectivity index is 1.36. The van der Waals surface area contributed by atoms with Gasteiger partial charge in [-0.3, -0.25) is 9.48 Å². The van der Waals surface area contributed by atoms with E-state index in [0.29, 0.717) is 23.7 Å². The molecule has 0 atom stereocenters. The lowest BCUT2D eigenvalue weighted by molar-refractivity contribution is 0.0951. The van der Waals surface area contributed by atoms with Gasteiger partial charge in [0.2, 0.25) is 0 Å². The molecule has 28 heavy (non-hydrogen) atoms. The molecule has 0 aliphatic heterocycles. The summed E-state index contributed by atoms with van der Waals surface area (Å²) in [5.74, 6) is 1.60. The lowest BCUT2D eigenvalue weighted by Crippen LogP contribution is -2.23. The molecule has 7 heteroatoms. The van der Waals surface area contributed by atoms with Crippen molar-refractivity contribution in [1.82, 2.24) is 24.6 Å². The number of benzene rings is 1. The van der Waals surface area contributed by atoms with Crippen LogP contribution < -0.4 is 5.32 Å². The molecule has 1 saturated carbocycles. The Bertz CT molecular complexity index is 1170. The van der Waals surface area contributed by atoms with Crippen molar-refractivity contribution in [2.45, 2.75) is 25.3 Å². The first-order valence-electron chi connectivity index (χ1n) is 9.40.